The van der Waals surface area contributed by atoms with Crippen LogP contribution in [0, 0.1) is 5.92 Å². The van der Waals surface area contributed by atoms with E-state index in [1.807, 2.05) is 6.92 Å². The van der Waals surface area contributed by atoms with Crippen LogP contribution in [0.25, 0.3) is 0 Å². The molecule has 5 nitrogen and oxygen atoms in total. The van der Waals surface area contributed by atoms with E-state index in [0.29, 0.717) is 19.0 Å². The fraction of sp³-hybridized carbons (Fsp3) is 1.00. The third kappa shape index (κ3) is 4.54. The van der Waals surface area contributed by atoms with Crippen LogP contribution in [0.3, 0.4) is 0 Å². The van der Waals surface area contributed by atoms with Crippen LogP contribution in [0.4, 0.5) is 0 Å². The van der Waals surface area contributed by atoms with Crippen molar-refractivity contribution < 1.29 is 13.2 Å². The van der Waals surface area contributed by atoms with Crippen LogP contribution < -0.4 is 5.73 Å². The molecule has 1 heterocycles. The van der Waals surface area contributed by atoms with E-state index in [1.54, 1.807) is 11.4 Å². The minimum absolute atomic E-state index is 0.0172. The van der Waals surface area contributed by atoms with Crippen LogP contribution in [0.1, 0.15) is 26.2 Å². The van der Waals surface area contributed by atoms with Gasteiger partial charge in [0.25, 0.3) is 0 Å². The highest BCUT2D eigenvalue weighted by atomic mass is 32.2. The number of nitrogens with two attached hydrogens (primary N) is 1. The van der Waals surface area contributed by atoms with Crippen molar-refractivity contribution in [2.75, 3.05) is 26.5 Å². The number of hydrogen-bond acceptors (Lipinski definition) is 4. The monoisotopic (exact) mass is 264 g/mol. The highest BCUT2D eigenvalue weighted by Gasteiger charge is 2.28. The van der Waals surface area contributed by atoms with Crippen molar-refractivity contribution in [2.24, 2.45) is 11.7 Å². The molecule has 0 aromatic rings. The van der Waals surface area contributed by atoms with Gasteiger partial charge in [0, 0.05) is 26.2 Å². The van der Waals surface area contributed by atoms with E-state index in [4.69, 9.17) is 10.5 Å². The Morgan fingerprint density at radius 1 is 1.53 bits per heavy atom. The molecule has 1 saturated heterocycles. The normalized spacial score (nSPS) is 26.7. The summed E-state index contributed by atoms with van der Waals surface area (Å²) in [7, 11) is -1.41. The third-order valence-corrected chi connectivity index (χ3v) is 4.80. The number of rotatable bonds is 5. The minimum atomic E-state index is -3.06. The van der Waals surface area contributed by atoms with Crippen LogP contribution in [-0.4, -0.2) is 51.3 Å². The average Bonchev–Trinajstić information content (AvgIpc) is 2.27. The van der Waals surface area contributed by atoms with E-state index < -0.39 is 10.0 Å². The van der Waals surface area contributed by atoms with Gasteiger partial charge in [-0.3, -0.25) is 0 Å². The van der Waals surface area contributed by atoms with Crippen LogP contribution in [0.15, 0.2) is 0 Å². The molecule has 1 aliphatic rings. The molecular formula is C11H24N2O3S. The van der Waals surface area contributed by atoms with Gasteiger partial charge >= 0.3 is 0 Å². The molecule has 1 aliphatic heterocycles. The molecule has 102 valence electrons. The van der Waals surface area contributed by atoms with Crippen LogP contribution in [0.2, 0.25) is 0 Å². The molecule has 3 unspecified atom stereocenters. The van der Waals surface area contributed by atoms with Crippen LogP contribution in [-0.2, 0) is 14.8 Å². The Balaban J connectivity index is 2.50. The van der Waals surface area contributed by atoms with Gasteiger partial charge in [0.05, 0.1) is 12.4 Å². The first-order chi connectivity index (χ1) is 7.84. The van der Waals surface area contributed by atoms with Crippen molar-refractivity contribution in [1.29, 1.82) is 0 Å². The zero-order chi connectivity index (χ0) is 13.1. The molecule has 1 fully saturated rings. The second-order valence-corrected chi connectivity index (χ2v) is 6.95. The summed E-state index contributed by atoms with van der Waals surface area (Å²) in [6.07, 6.45) is 4.08. The maximum absolute atomic E-state index is 11.5. The summed E-state index contributed by atoms with van der Waals surface area (Å²) in [6.45, 7) is 3.19. The zero-order valence-electron chi connectivity index (χ0n) is 10.9. The molecule has 2 N–H and O–H groups in total. The number of methoxy groups -OCH3 is 1. The average molecular weight is 264 g/mol. The van der Waals surface area contributed by atoms with Crippen molar-refractivity contribution in [2.45, 2.75) is 38.3 Å². The lowest BCUT2D eigenvalue weighted by Crippen LogP contribution is -2.43. The maximum Gasteiger partial charge on any atom is 0.211 e. The molecule has 0 aromatic heterocycles. The molecule has 0 spiro atoms. The van der Waals surface area contributed by atoms with E-state index in [9.17, 15) is 8.42 Å². The number of sulfonamides is 1. The predicted octanol–water partition coefficient (Wildman–Crippen LogP) is 0.410. The minimum Gasteiger partial charge on any atom is -0.380 e. The summed E-state index contributed by atoms with van der Waals surface area (Å²) in [5.74, 6) is 0.353. The Labute approximate surface area is 104 Å². The Kier molecular flexibility index (Phi) is 5.37. The van der Waals surface area contributed by atoms with Crippen molar-refractivity contribution in [3.63, 3.8) is 0 Å². The largest absolute Gasteiger partial charge is 0.380 e. The van der Waals surface area contributed by atoms with Gasteiger partial charge in [-0.25, -0.2) is 12.7 Å². The van der Waals surface area contributed by atoms with E-state index >= 15 is 0 Å². The van der Waals surface area contributed by atoms with Crippen LogP contribution in [0.5, 0.6) is 0 Å². The summed E-state index contributed by atoms with van der Waals surface area (Å²) >= 11 is 0. The molecule has 3 atom stereocenters. The van der Waals surface area contributed by atoms with Gasteiger partial charge in [-0.1, -0.05) is 0 Å². The van der Waals surface area contributed by atoms with Crippen molar-refractivity contribution >= 4 is 10.0 Å². The number of nitrogens with zero attached hydrogens (tertiary/aromatic N) is 1. The lowest BCUT2D eigenvalue weighted by molar-refractivity contribution is 0.0828. The first kappa shape index (κ1) is 14.9. The number of ether oxygens (including phenoxy) is 1. The zero-order valence-corrected chi connectivity index (χ0v) is 11.7. The summed E-state index contributed by atoms with van der Waals surface area (Å²) in [5.41, 5.74) is 6.02. The fourth-order valence-corrected chi connectivity index (χ4v) is 3.21. The highest BCUT2D eigenvalue weighted by Crippen LogP contribution is 2.23. The molecule has 1 rings (SSSR count). The molecule has 17 heavy (non-hydrogen) atoms. The first-order valence-corrected chi connectivity index (χ1v) is 7.93. The molecular weight excluding hydrogens is 240 g/mol. The molecule has 0 aromatic carbocycles. The van der Waals surface area contributed by atoms with Gasteiger partial charge in [0.1, 0.15) is 0 Å². The second kappa shape index (κ2) is 6.13. The van der Waals surface area contributed by atoms with E-state index in [-0.39, 0.29) is 12.1 Å². The summed E-state index contributed by atoms with van der Waals surface area (Å²) < 4.78 is 29.7. The number of hydrogen-bond donors (Lipinski definition) is 1. The van der Waals surface area contributed by atoms with E-state index in [0.717, 1.165) is 19.3 Å². The van der Waals surface area contributed by atoms with Crippen LogP contribution >= 0.6 is 0 Å². The molecule has 0 radical (unpaired) electrons. The Bertz CT molecular complexity index is 332. The molecule has 0 aliphatic carbocycles. The van der Waals surface area contributed by atoms with Gasteiger partial charge in [0.15, 0.2) is 0 Å². The Hall–Kier alpha value is -0.170. The maximum atomic E-state index is 11.5. The molecule has 0 saturated carbocycles. The summed E-state index contributed by atoms with van der Waals surface area (Å²) in [6, 6.07) is -0.0236. The highest BCUT2D eigenvalue weighted by molar-refractivity contribution is 7.88. The summed E-state index contributed by atoms with van der Waals surface area (Å²) in [5, 5.41) is 0. The van der Waals surface area contributed by atoms with E-state index in [2.05, 4.69) is 0 Å². The second-order valence-electron chi connectivity index (χ2n) is 4.97. The van der Waals surface area contributed by atoms with Gasteiger partial charge in [-0.15, -0.1) is 0 Å². The van der Waals surface area contributed by atoms with E-state index in [1.165, 1.54) is 6.26 Å². The van der Waals surface area contributed by atoms with Crippen molar-refractivity contribution in [1.82, 2.24) is 4.31 Å². The molecule has 6 heteroatoms. The Morgan fingerprint density at radius 3 is 2.71 bits per heavy atom. The lowest BCUT2D eigenvalue weighted by Gasteiger charge is -2.33. The van der Waals surface area contributed by atoms with Gasteiger partial charge in [0.2, 0.25) is 10.0 Å². The third-order valence-electron chi connectivity index (χ3n) is 3.53. The fourth-order valence-electron chi connectivity index (χ4n) is 2.27. The van der Waals surface area contributed by atoms with Gasteiger partial charge < -0.3 is 10.5 Å². The Morgan fingerprint density at radius 2 is 2.18 bits per heavy atom. The molecule has 0 bridgehead atoms. The standard InChI is InChI=1S/C11H24N2O3S/c1-9(16-2)11(12)7-10-5-4-6-13(8-10)17(3,14)15/h9-11H,4-8,12H2,1-3H3. The lowest BCUT2D eigenvalue weighted by atomic mass is 9.91. The quantitative estimate of drug-likeness (QED) is 0.780. The topological polar surface area (TPSA) is 72.6 Å². The predicted molar refractivity (Wildman–Crippen MR) is 68.2 cm³/mol. The van der Waals surface area contributed by atoms with Gasteiger partial charge in [-0.2, -0.15) is 0 Å². The van der Waals surface area contributed by atoms with Crippen molar-refractivity contribution in [3.05, 3.63) is 0 Å². The smallest absolute Gasteiger partial charge is 0.211 e. The summed E-state index contributed by atoms with van der Waals surface area (Å²) in [4.78, 5) is 0. The van der Waals surface area contributed by atoms with Gasteiger partial charge in [-0.05, 0) is 32.1 Å². The van der Waals surface area contributed by atoms with Crippen molar-refractivity contribution in [3.8, 4) is 0 Å². The SMILES string of the molecule is COC(C)C(N)CC1CCCN(S(C)(=O)=O)C1. The molecule has 0 amide bonds. The number of piperidine rings is 1. The first-order valence-electron chi connectivity index (χ1n) is 6.08.